The molecule has 2 fully saturated rings. The smallest absolute Gasteiger partial charge is 0.281 e. The standard InChI is InChI=1S/C15H31N3O3S/c1-3-4-8-16(2)22(19,20)18-10-6-9-17(11-12-18)14-15-7-5-13-21-15/h15H,3-14H2,1-2H3. The molecule has 2 aliphatic heterocycles. The largest absolute Gasteiger partial charge is 0.377 e. The molecule has 2 rings (SSSR count). The van der Waals surface area contributed by atoms with Crippen molar-refractivity contribution in [2.75, 3.05) is 52.9 Å². The minimum atomic E-state index is -3.30. The summed E-state index contributed by atoms with van der Waals surface area (Å²) in [5.74, 6) is 0. The summed E-state index contributed by atoms with van der Waals surface area (Å²) in [5.41, 5.74) is 0. The molecule has 2 aliphatic rings. The first-order valence-electron chi connectivity index (χ1n) is 8.59. The minimum absolute atomic E-state index is 0.343. The van der Waals surface area contributed by atoms with Gasteiger partial charge in [-0.2, -0.15) is 17.0 Å². The molecule has 7 heteroatoms. The van der Waals surface area contributed by atoms with Gasteiger partial charge in [0.2, 0.25) is 0 Å². The zero-order valence-electron chi connectivity index (χ0n) is 14.0. The van der Waals surface area contributed by atoms with E-state index in [0.717, 1.165) is 58.3 Å². The van der Waals surface area contributed by atoms with Crippen LogP contribution in [-0.2, 0) is 14.9 Å². The van der Waals surface area contributed by atoms with Crippen molar-refractivity contribution in [1.29, 1.82) is 0 Å². The van der Waals surface area contributed by atoms with Crippen LogP contribution in [0.15, 0.2) is 0 Å². The highest BCUT2D eigenvalue weighted by Crippen LogP contribution is 2.16. The van der Waals surface area contributed by atoms with Crippen LogP contribution in [0.3, 0.4) is 0 Å². The number of ether oxygens (including phenoxy) is 1. The average Bonchev–Trinajstić information content (AvgIpc) is 2.88. The third-order valence-corrected chi connectivity index (χ3v) is 6.57. The van der Waals surface area contributed by atoms with Crippen LogP contribution in [0.4, 0.5) is 0 Å². The van der Waals surface area contributed by atoms with Gasteiger partial charge < -0.3 is 4.74 Å². The molecule has 0 aromatic carbocycles. The molecule has 0 saturated carbocycles. The van der Waals surface area contributed by atoms with Gasteiger partial charge in [0.05, 0.1) is 6.10 Å². The normalized spacial score (nSPS) is 25.7. The Labute approximate surface area is 135 Å². The lowest BCUT2D eigenvalue weighted by molar-refractivity contribution is 0.0749. The van der Waals surface area contributed by atoms with Crippen LogP contribution in [0.5, 0.6) is 0 Å². The van der Waals surface area contributed by atoms with Gasteiger partial charge in [-0.25, -0.2) is 0 Å². The maximum Gasteiger partial charge on any atom is 0.281 e. The van der Waals surface area contributed by atoms with E-state index in [4.69, 9.17) is 4.74 Å². The van der Waals surface area contributed by atoms with Crippen molar-refractivity contribution in [3.63, 3.8) is 0 Å². The quantitative estimate of drug-likeness (QED) is 0.701. The molecule has 0 amide bonds. The summed E-state index contributed by atoms with van der Waals surface area (Å²) in [5, 5.41) is 0. The summed E-state index contributed by atoms with van der Waals surface area (Å²) >= 11 is 0. The SMILES string of the molecule is CCCCN(C)S(=O)(=O)N1CCCN(CC2CCCO2)CC1. The van der Waals surface area contributed by atoms with Gasteiger partial charge in [-0.15, -0.1) is 0 Å². The van der Waals surface area contributed by atoms with Gasteiger partial charge in [-0.05, 0) is 32.2 Å². The molecule has 0 bridgehead atoms. The van der Waals surface area contributed by atoms with Crippen LogP contribution in [0.1, 0.15) is 39.0 Å². The van der Waals surface area contributed by atoms with Crippen LogP contribution in [0.2, 0.25) is 0 Å². The first kappa shape index (κ1) is 18.1. The zero-order chi connectivity index (χ0) is 16.0. The number of rotatable bonds is 7. The van der Waals surface area contributed by atoms with Crippen molar-refractivity contribution in [3.8, 4) is 0 Å². The van der Waals surface area contributed by atoms with Gasteiger partial charge >= 0.3 is 0 Å². The maximum absolute atomic E-state index is 12.6. The van der Waals surface area contributed by atoms with Crippen molar-refractivity contribution in [2.24, 2.45) is 0 Å². The molecule has 0 spiro atoms. The van der Waals surface area contributed by atoms with E-state index < -0.39 is 10.2 Å². The predicted octanol–water partition coefficient (Wildman–Crippen LogP) is 1.15. The Balaban J connectivity index is 1.85. The van der Waals surface area contributed by atoms with E-state index in [1.807, 2.05) is 0 Å². The van der Waals surface area contributed by atoms with Crippen molar-refractivity contribution in [1.82, 2.24) is 13.5 Å². The summed E-state index contributed by atoms with van der Waals surface area (Å²) < 4.78 is 34.1. The fourth-order valence-corrected chi connectivity index (χ4v) is 4.56. The van der Waals surface area contributed by atoms with Crippen molar-refractivity contribution in [2.45, 2.75) is 45.1 Å². The van der Waals surface area contributed by atoms with E-state index in [-0.39, 0.29) is 0 Å². The van der Waals surface area contributed by atoms with Crippen LogP contribution in [0.25, 0.3) is 0 Å². The van der Waals surface area contributed by atoms with E-state index in [1.165, 1.54) is 4.31 Å². The molecule has 1 atom stereocenters. The van der Waals surface area contributed by atoms with Crippen LogP contribution in [-0.4, -0.2) is 81.0 Å². The second kappa shape index (κ2) is 8.59. The fraction of sp³-hybridized carbons (Fsp3) is 1.00. The van der Waals surface area contributed by atoms with Gasteiger partial charge in [0.15, 0.2) is 0 Å². The summed E-state index contributed by atoms with van der Waals surface area (Å²) in [6.45, 7) is 7.49. The number of hydrogen-bond donors (Lipinski definition) is 0. The Morgan fingerprint density at radius 1 is 1.18 bits per heavy atom. The van der Waals surface area contributed by atoms with E-state index in [0.29, 0.717) is 25.7 Å². The molecule has 130 valence electrons. The van der Waals surface area contributed by atoms with E-state index >= 15 is 0 Å². The Morgan fingerprint density at radius 3 is 2.68 bits per heavy atom. The molecule has 1 unspecified atom stereocenters. The minimum Gasteiger partial charge on any atom is -0.377 e. The topological polar surface area (TPSA) is 53.1 Å². The molecular formula is C15H31N3O3S. The highest BCUT2D eigenvalue weighted by Gasteiger charge is 2.29. The number of hydrogen-bond acceptors (Lipinski definition) is 4. The lowest BCUT2D eigenvalue weighted by Crippen LogP contribution is -2.44. The molecule has 0 N–H and O–H groups in total. The summed E-state index contributed by atoms with van der Waals surface area (Å²) in [6.07, 6.45) is 5.45. The van der Waals surface area contributed by atoms with E-state index in [1.54, 1.807) is 11.4 Å². The van der Waals surface area contributed by atoms with Crippen LogP contribution >= 0.6 is 0 Å². The van der Waals surface area contributed by atoms with Crippen molar-refractivity contribution < 1.29 is 13.2 Å². The predicted molar refractivity (Wildman–Crippen MR) is 88.1 cm³/mol. The first-order chi connectivity index (χ1) is 10.5. The molecule has 2 saturated heterocycles. The van der Waals surface area contributed by atoms with Crippen molar-refractivity contribution in [3.05, 3.63) is 0 Å². The number of nitrogens with zero attached hydrogens (tertiary/aromatic N) is 3. The summed E-state index contributed by atoms with van der Waals surface area (Å²) in [4.78, 5) is 2.36. The Hall–Kier alpha value is -0.210. The average molecular weight is 333 g/mol. The number of unbranched alkanes of at least 4 members (excludes halogenated alkanes) is 1. The first-order valence-corrected chi connectivity index (χ1v) is 9.99. The Morgan fingerprint density at radius 2 is 2.00 bits per heavy atom. The maximum atomic E-state index is 12.6. The molecule has 0 aliphatic carbocycles. The molecule has 0 aromatic heterocycles. The van der Waals surface area contributed by atoms with Gasteiger partial charge in [0.1, 0.15) is 0 Å². The van der Waals surface area contributed by atoms with Gasteiger partial charge in [-0.3, -0.25) is 4.90 Å². The second-order valence-corrected chi connectivity index (χ2v) is 8.41. The van der Waals surface area contributed by atoms with Crippen LogP contribution in [0, 0.1) is 0 Å². The van der Waals surface area contributed by atoms with Gasteiger partial charge in [0, 0.05) is 46.4 Å². The van der Waals surface area contributed by atoms with Gasteiger partial charge in [0.25, 0.3) is 10.2 Å². The van der Waals surface area contributed by atoms with E-state index in [9.17, 15) is 8.42 Å². The summed E-state index contributed by atoms with van der Waals surface area (Å²) in [6, 6.07) is 0. The van der Waals surface area contributed by atoms with E-state index in [2.05, 4.69) is 11.8 Å². The Kier molecular flexibility index (Phi) is 7.08. The highest BCUT2D eigenvalue weighted by atomic mass is 32.2. The third kappa shape index (κ3) is 4.89. The van der Waals surface area contributed by atoms with Gasteiger partial charge in [-0.1, -0.05) is 13.3 Å². The lowest BCUT2D eigenvalue weighted by Gasteiger charge is -2.27. The van der Waals surface area contributed by atoms with Crippen molar-refractivity contribution >= 4 is 10.2 Å². The Bertz CT molecular complexity index is 424. The molecule has 6 nitrogen and oxygen atoms in total. The highest BCUT2D eigenvalue weighted by molar-refractivity contribution is 7.86. The molecular weight excluding hydrogens is 302 g/mol. The lowest BCUT2D eigenvalue weighted by atomic mass is 10.2. The summed E-state index contributed by atoms with van der Waals surface area (Å²) in [7, 11) is -1.61. The zero-order valence-corrected chi connectivity index (χ0v) is 14.9. The third-order valence-electron chi connectivity index (χ3n) is 4.58. The molecule has 22 heavy (non-hydrogen) atoms. The second-order valence-electron chi connectivity index (χ2n) is 6.37. The molecule has 0 radical (unpaired) electrons. The molecule has 0 aromatic rings. The fourth-order valence-electron chi connectivity index (χ4n) is 3.13. The molecule has 2 heterocycles. The monoisotopic (exact) mass is 333 g/mol. The van der Waals surface area contributed by atoms with Crippen LogP contribution < -0.4 is 0 Å².